The van der Waals surface area contributed by atoms with Crippen LogP contribution >= 0.6 is 11.3 Å². The lowest BCUT2D eigenvalue weighted by atomic mass is 10.1. The molecule has 0 amide bonds. The summed E-state index contributed by atoms with van der Waals surface area (Å²) in [6.45, 7) is 3.82. The van der Waals surface area contributed by atoms with Gasteiger partial charge in [-0.1, -0.05) is 13.8 Å². The Hall–Kier alpha value is -2.02. The van der Waals surface area contributed by atoms with E-state index in [9.17, 15) is 9.90 Å². The predicted octanol–water partition coefficient (Wildman–Crippen LogP) is 2.43. The molecule has 0 saturated heterocycles. The van der Waals surface area contributed by atoms with Crippen LogP contribution in [0.5, 0.6) is 5.88 Å². The molecular weight excluding hydrogens is 266 g/mol. The molecule has 0 saturated carbocycles. The standard InChI is InChI=1S/C12H13N3O3S/c1-6(2)9-10(12(16)17)19-11(13-9)7-4-5-8(18-3)15-14-7/h4-6H,1-3H3,(H,16,17). The average Bonchev–Trinajstić information content (AvgIpc) is 2.84. The molecule has 6 nitrogen and oxygen atoms in total. The van der Waals surface area contributed by atoms with E-state index in [1.165, 1.54) is 7.11 Å². The monoisotopic (exact) mass is 279 g/mol. The molecule has 0 atom stereocenters. The van der Waals surface area contributed by atoms with Gasteiger partial charge < -0.3 is 9.84 Å². The number of aromatic nitrogens is 3. The number of hydrogen-bond donors (Lipinski definition) is 1. The third kappa shape index (κ3) is 2.70. The van der Waals surface area contributed by atoms with Gasteiger partial charge >= 0.3 is 5.97 Å². The Bertz CT molecular complexity index is 593. The van der Waals surface area contributed by atoms with Gasteiger partial charge in [0.2, 0.25) is 5.88 Å². The Balaban J connectivity index is 2.44. The van der Waals surface area contributed by atoms with E-state index in [1.807, 2.05) is 13.8 Å². The van der Waals surface area contributed by atoms with Crippen LogP contribution in [0.15, 0.2) is 12.1 Å². The number of methoxy groups -OCH3 is 1. The SMILES string of the molecule is COc1ccc(-c2nc(C(C)C)c(C(=O)O)s2)nn1. The van der Waals surface area contributed by atoms with Gasteiger partial charge in [-0.15, -0.1) is 21.5 Å². The van der Waals surface area contributed by atoms with Gasteiger partial charge in [0.05, 0.1) is 12.8 Å². The first-order valence-electron chi connectivity index (χ1n) is 5.65. The van der Waals surface area contributed by atoms with Crippen LogP contribution in [0.4, 0.5) is 0 Å². The third-order valence-corrected chi connectivity index (χ3v) is 3.54. The maximum absolute atomic E-state index is 11.2. The summed E-state index contributed by atoms with van der Waals surface area (Å²) in [5, 5.41) is 17.5. The Kier molecular flexibility index (Phi) is 3.75. The van der Waals surface area contributed by atoms with E-state index < -0.39 is 5.97 Å². The van der Waals surface area contributed by atoms with Gasteiger partial charge in [-0.05, 0) is 12.0 Å². The molecule has 100 valence electrons. The van der Waals surface area contributed by atoms with E-state index in [-0.39, 0.29) is 10.8 Å². The van der Waals surface area contributed by atoms with Crippen LogP contribution in [0.1, 0.15) is 35.1 Å². The summed E-state index contributed by atoms with van der Waals surface area (Å²) in [5.41, 5.74) is 1.12. The number of thiazole rings is 1. The highest BCUT2D eigenvalue weighted by atomic mass is 32.1. The van der Waals surface area contributed by atoms with E-state index in [0.717, 1.165) is 11.3 Å². The van der Waals surface area contributed by atoms with Crippen molar-refractivity contribution in [3.05, 3.63) is 22.7 Å². The Morgan fingerprint density at radius 2 is 2.11 bits per heavy atom. The maximum atomic E-state index is 11.2. The van der Waals surface area contributed by atoms with Gasteiger partial charge in [0.1, 0.15) is 15.6 Å². The molecule has 0 spiro atoms. The van der Waals surface area contributed by atoms with Crippen LogP contribution < -0.4 is 4.74 Å². The second-order valence-electron chi connectivity index (χ2n) is 4.15. The topological polar surface area (TPSA) is 85.2 Å². The molecule has 0 unspecified atom stereocenters. The van der Waals surface area contributed by atoms with E-state index >= 15 is 0 Å². The van der Waals surface area contributed by atoms with E-state index in [1.54, 1.807) is 12.1 Å². The van der Waals surface area contributed by atoms with Crippen LogP contribution in [0.3, 0.4) is 0 Å². The Labute approximate surface area is 114 Å². The second-order valence-corrected chi connectivity index (χ2v) is 5.15. The quantitative estimate of drug-likeness (QED) is 0.925. The Morgan fingerprint density at radius 1 is 1.37 bits per heavy atom. The summed E-state index contributed by atoms with van der Waals surface area (Å²) in [5.74, 6) is -0.515. The lowest BCUT2D eigenvalue weighted by molar-refractivity contribution is 0.0700. The molecule has 0 radical (unpaired) electrons. The molecule has 0 bridgehead atoms. The zero-order valence-corrected chi connectivity index (χ0v) is 11.6. The van der Waals surface area contributed by atoms with Crippen molar-refractivity contribution in [1.29, 1.82) is 0 Å². The van der Waals surface area contributed by atoms with Crippen molar-refractivity contribution in [2.24, 2.45) is 0 Å². The molecule has 0 fully saturated rings. The minimum Gasteiger partial charge on any atom is -0.480 e. The smallest absolute Gasteiger partial charge is 0.347 e. The molecule has 7 heteroatoms. The normalized spacial score (nSPS) is 10.7. The summed E-state index contributed by atoms with van der Waals surface area (Å²) < 4.78 is 4.93. The number of hydrogen-bond acceptors (Lipinski definition) is 6. The van der Waals surface area contributed by atoms with Crippen molar-refractivity contribution in [2.75, 3.05) is 7.11 Å². The van der Waals surface area contributed by atoms with E-state index in [4.69, 9.17) is 4.74 Å². The largest absolute Gasteiger partial charge is 0.480 e. The van der Waals surface area contributed by atoms with Crippen molar-refractivity contribution in [1.82, 2.24) is 15.2 Å². The average molecular weight is 279 g/mol. The van der Waals surface area contributed by atoms with Gasteiger partial charge in [0, 0.05) is 6.07 Å². The second kappa shape index (κ2) is 5.31. The molecule has 19 heavy (non-hydrogen) atoms. The maximum Gasteiger partial charge on any atom is 0.347 e. The number of aromatic carboxylic acids is 1. The molecule has 2 aromatic rings. The van der Waals surface area contributed by atoms with Gasteiger partial charge in [0.25, 0.3) is 0 Å². The highest BCUT2D eigenvalue weighted by Crippen LogP contribution is 2.30. The molecule has 0 aliphatic rings. The third-order valence-electron chi connectivity index (χ3n) is 2.46. The predicted molar refractivity (Wildman–Crippen MR) is 70.7 cm³/mol. The number of ether oxygens (including phenoxy) is 1. The van der Waals surface area contributed by atoms with Crippen molar-refractivity contribution in [2.45, 2.75) is 19.8 Å². The summed E-state index contributed by atoms with van der Waals surface area (Å²) in [4.78, 5) is 15.8. The molecule has 1 N–H and O–H groups in total. The van der Waals surface area contributed by atoms with Crippen LogP contribution in [-0.4, -0.2) is 33.4 Å². The highest BCUT2D eigenvalue weighted by Gasteiger charge is 2.21. The number of carbonyl (C=O) groups is 1. The minimum absolute atomic E-state index is 0.0438. The lowest BCUT2D eigenvalue weighted by Crippen LogP contribution is -2.00. The van der Waals surface area contributed by atoms with Gasteiger partial charge in [-0.25, -0.2) is 9.78 Å². The Morgan fingerprint density at radius 3 is 2.53 bits per heavy atom. The lowest BCUT2D eigenvalue weighted by Gasteiger charge is -2.00. The van der Waals surface area contributed by atoms with Crippen molar-refractivity contribution in [3.63, 3.8) is 0 Å². The first-order valence-corrected chi connectivity index (χ1v) is 6.46. The molecule has 0 aromatic carbocycles. The molecule has 2 aromatic heterocycles. The van der Waals surface area contributed by atoms with Gasteiger partial charge in [-0.3, -0.25) is 0 Å². The van der Waals surface area contributed by atoms with Crippen molar-refractivity contribution < 1.29 is 14.6 Å². The zero-order valence-electron chi connectivity index (χ0n) is 10.7. The molecule has 0 aliphatic carbocycles. The van der Waals surface area contributed by atoms with Crippen molar-refractivity contribution in [3.8, 4) is 16.6 Å². The molecular formula is C12H13N3O3S. The van der Waals surface area contributed by atoms with Gasteiger partial charge in [0.15, 0.2) is 0 Å². The fourth-order valence-electron chi connectivity index (χ4n) is 1.53. The van der Waals surface area contributed by atoms with Crippen LogP contribution in [0, 0.1) is 0 Å². The van der Waals surface area contributed by atoms with Crippen molar-refractivity contribution >= 4 is 17.3 Å². The fourth-order valence-corrected chi connectivity index (χ4v) is 2.55. The molecule has 0 aliphatic heterocycles. The zero-order chi connectivity index (χ0) is 14.0. The molecule has 2 heterocycles. The summed E-state index contributed by atoms with van der Waals surface area (Å²) in [6, 6.07) is 3.37. The van der Waals surface area contributed by atoms with Gasteiger partial charge in [-0.2, -0.15) is 0 Å². The van der Waals surface area contributed by atoms with Crippen LogP contribution in [-0.2, 0) is 0 Å². The summed E-state index contributed by atoms with van der Waals surface area (Å²) in [7, 11) is 1.51. The minimum atomic E-state index is -0.964. The first-order chi connectivity index (χ1) is 9.02. The highest BCUT2D eigenvalue weighted by molar-refractivity contribution is 7.17. The van der Waals surface area contributed by atoms with Crippen LogP contribution in [0.25, 0.3) is 10.7 Å². The fraction of sp³-hybridized carbons (Fsp3) is 0.333. The van der Waals surface area contributed by atoms with Crippen LogP contribution in [0.2, 0.25) is 0 Å². The number of nitrogens with zero attached hydrogens (tertiary/aromatic N) is 3. The number of carboxylic acids is 1. The van der Waals surface area contributed by atoms with E-state index in [0.29, 0.717) is 22.3 Å². The summed E-state index contributed by atoms with van der Waals surface area (Å²) in [6.07, 6.45) is 0. The summed E-state index contributed by atoms with van der Waals surface area (Å²) >= 11 is 1.11. The van der Waals surface area contributed by atoms with E-state index in [2.05, 4.69) is 15.2 Å². The molecule has 2 rings (SSSR count). The number of rotatable bonds is 4. The number of carboxylic acid groups (broad SMARTS) is 1. The first kappa shape index (κ1) is 13.4.